The van der Waals surface area contributed by atoms with Gasteiger partial charge in [-0.05, 0) is 119 Å². The summed E-state index contributed by atoms with van der Waals surface area (Å²) in [7, 11) is 0. The van der Waals surface area contributed by atoms with Crippen LogP contribution in [0.5, 0.6) is 0 Å². The minimum atomic E-state index is 0.469. The zero-order valence-electron chi connectivity index (χ0n) is 33.7. The van der Waals surface area contributed by atoms with Gasteiger partial charge < -0.3 is 14.2 Å². The van der Waals surface area contributed by atoms with Crippen molar-refractivity contribution in [2.24, 2.45) is 0 Å². The van der Waals surface area contributed by atoms with Crippen molar-refractivity contribution in [2.75, 3.05) is 9.80 Å². The normalized spacial score (nSPS) is 12.0. The van der Waals surface area contributed by atoms with Gasteiger partial charge in [0.1, 0.15) is 0 Å². The molecular weight excluding hydrogens is 679 g/mol. The van der Waals surface area contributed by atoms with Crippen LogP contribution in [0.15, 0.2) is 152 Å². The smallest absolute Gasteiger partial charge is 0.0622 e. The third-order valence-corrected chi connectivity index (χ3v) is 11.9. The number of rotatable bonds is 10. The Morgan fingerprint density at radius 1 is 0.411 bits per heavy atom. The van der Waals surface area contributed by atoms with Crippen LogP contribution in [0.25, 0.3) is 38.1 Å². The summed E-state index contributed by atoms with van der Waals surface area (Å²) in [5.74, 6) is 1.41. The predicted octanol–water partition coefficient (Wildman–Crippen LogP) is 15.7. The van der Waals surface area contributed by atoms with Gasteiger partial charge in [0.2, 0.25) is 0 Å². The fraction of sp³-hybridized carbons (Fsp3) is 0.208. The lowest BCUT2D eigenvalue weighted by atomic mass is 10.0. The van der Waals surface area contributed by atoms with E-state index in [1.807, 2.05) is 0 Å². The van der Waals surface area contributed by atoms with Crippen molar-refractivity contribution in [1.82, 2.24) is 4.40 Å². The minimum Gasteiger partial charge on any atom is -0.310 e. The number of hydrogen-bond acceptors (Lipinski definition) is 2. The Bertz CT molecular complexity index is 2730. The maximum atomic E-state index is 2.52. The second-order valence-corrected chi connectivity index (χ2v) is 16.3. The van der Waals surface area contributed by atoms with E-state index in [1.54, 1.807) is 0 Å². The first kappa shape index (κ1) is 35.6. The van der Waals surface area contributed by atoms with Gasteiger partial charge in [0.25, 0.3) is 0 Å². The van der Waals surface area contributed by atoms with Crippen molar-refractivity contribution < 1.29 is 0 Å². The molecule has 0 atom stereocenters. The second kappa shape index (κ2) is 14.2. The number of nitrogens with zero attached hydrogens (tertiary/aromatic N) is 3. The van der Waals surface area contributed by atoms with Crippen LogP contribution in [0.4, 0.5) is 34.1 Å². The summed E-state index contributed by atoms with van der Waals surface area (Å²) in [5, 5.41) is 5.05. The SMILES string of the molecule is CCc1ccc(N(c2ccc(C(C)C)cc2)c2cccc3c2c2cccc4c5c(N(c6ccc(C(C)C)cc6)c6ccc(C(C)C)cc6)cccc5n3c24)cc1. The van der Waals surface area contributed by atoms with E-state index < -0.39 is 0 Å². The number of fused-ring (bicyclic) bond motifs is 6. The highest BCUT2D eigenvalue weighted by Gasteiger charge is 2.26. The molecule has 3 heteroatoms. The van der Waals surface area contributed by atoms with E-state index in [0.717, 1.165) is 29.2 Å². The quantitative estimate of drug-likeness (QED) is 0.139. The molecule has 2 aromatic heterocycles. The van der Waals surface area contributed by atoms with Crippen LogP contribution in [0.2, 0.25) is 0 Å². The average Bonchev–Trinajstić information content (AvgIpc) is 3.75. The molecule has 3 nitrogen and oxygen atoms in total. The van der Waals surface area contributed by atoms with Crippen LogP contribution in [-0.2, 0) is 6.42 Å². The van der Waals surface area contributed by atoms with Crippen LogP contribution in [0, 0.1) is 0 Å². The van der Waals surface area contributed by atoms with Gasteiger partial charge >= 0.3 is 0 Å². The zero-order chi connectivity index (χ0) is 38.7. The Morgan fingerprint density at radius 3 is 1.09 bits per heavy atom. The summed E-state index contributed by atoms with van der Waals surface area (Å²) in [6, 6.07) is 57.1. The Balaban J connectivity index is 1.30. The van der Waals surface area contributed by atoms with Crippen LogP contribution in [0.1, 0.15) is 88.5 Å². The number of aromatic nitrogens is 1. The first-order valence-corrected chi connectivity index (χ1v) is 20.4. The first-order chi connectivity index (χ1) is 27.2. The molecule has 0 radical (unpaired) electrons. The number of benzene rings is 7. The van der Waals surface area contributed by atoms with Crippen LogP contribution >= 0.6 is 0 Å². The van der Waals surface area contributed by atoms with Crippen molar-refractivity contribution in [2.45, 2.75) is 72.6 Å². The van der Waals surface area contributed by atoms with Gasteiger partial charge in [-0.25, -0.2) is 0 Å². The van der Waals surface area contributed by atoms with Gasteiger partial charge in [0, 0.05) is 44.3 Å². The number of para-hydroxylation sites is 1. The molecule has 9 aromatic rings. The Labute approximate surface area is 331 Å². The van der Waals surface area contributed by atoms with E-state index in [9.17, 15) is 0 Å². The van der Waals surface area contributed by atoms with Gasteiger partial charge in [-0.2, -0.15) is 0 Å². The van der Waals surface area contributed by atoms with E-state index in [0.29, 0.717) is 17.8 Å². The summed E-state index contributed by atoms with van der Waals surface area (Å²) in [6.45, 7) is 15.8. The molecular formula is C53H51N3. The molecule has 2 heterocycles. The van der Waals surface area contributed by atoms with Gasteiger partial charge in [-0.1, -0.05) is 127 Å². The standard InChI is InChI=1S/C53H51N3/c1-8-37-18-26-41(27-19-37)54(42-28-20-38(21-29-42)34(2)3)47-14-10-16-49-51(47)45-12-9-13-46-52-48(15-11-17-50(52)56(49)53(45)46)55(43-30-22-39(23-31-43)35(4)5)44-32-24-40(25-33-44)36(6)7/h9-36H,8H2,1-7H3. The number of hydrogen-bond donors (Lipinski definition) is 0. The molecule has 0 saturated heterocycles. The summed E-state index contributed by atoms with van der Waals surface area (Å²) in [4.78, 5) is 4.90. The maximum Gasteiger partial charge on any atom is 0.0622 e. The lowest BCUT2D eigenvalue weighted by molar-refractivity contribution is 0.866. The topological polar surface area (TPSA) is 10.9 Å². The highest BCUT2D eigenvalue weighted by Crippen LogP contribution is 2.49. The van der Waals surface area contributed by atoms with Gasteiger partial charge in [-0.3, -0.25) is 0 Å². The van der Waals surface area contributed by atoms with E-state index >= 15 is 0 Å². The zero-order valence-corrected chi connectivity index (χ0v) is 33.7. The number of anilines is 6. The third kappa shape index (κ3) is 5.89. The highest BCUT2D eigenvalue weighted by atomic mass is 15.2. The summed E-state index contributed by atoms with van der Waals surface area (Å²) < 4.78 is 2.52. The van der Waals surface area contributed by atoms with Crippen LogP contribution in [0.3, 0.4) is 0 Å². The van der Waals surface area contributed by atoms with Crippen molar-refractivity contribution >= 4 is 72.2 Å². The maximum absolute atomic E-state index is 2.52. The molecule has 0 N–H and O–H groups in total. The van der Waals surface area contributed by atoms with Crippen molar-refractivity contribution in [3.63, 3.8) is 0 Å². The fourth-order valence-electron chi connectivity index (χ4n) is 8.67. The third-order valence-electron chi connectivity index (χ3n) is 11.9. The summed E-state index contributed by atoms with van der Waals surface area (Å²) >= 11 is 0. The monoisotopic (exact) mass is 729 g/mol. The van der Waals surface area contributed by atoms with Gasteiger partial charge in [0.05, 0.1) is 27.9 Å². The lowest BCUT2D eigenvalue weighted by Crippen LogP contribution is -2.11. The summed E-state index contributed by atoms with van der Waals surface area (Å²) in [5.41, 5.74) is 16.1. The molecule has 0 bridgehead atoms. The fourth-order valence-corrected chi connectivity index (χ4v) is 8.67. The van der Waals surface area contributed by atoms with Crippen LogP contribution in [-0.4, -0.2) is 4.40 Å². The molecule has 0 amide bonds. The lowest BCUT2D eigenvalue weighted by Gasteiger charge is -2.27. The molecule has 0 fully saturated rings. The first-order valence-electron chi connectivity index (χ1n) is 20.4. The Kier molecular flexibility index (Phi) is 9.05. The Hall–Kier alpha value is -6.06. The average molecular weight is 730 g/mol. The van der Waals surface area contributed by atoms with E-state index in [1.165, 1.54) is 71.7 Å². The summed E-state index contributed by atoms with van der Waals surface area (Å²) in [6.07, 6.45) is 1.01. The minimum absolute atomic E-state index is 0.469. The molecule has 0 unspecified atom stereocenters. The predicted molar refractivity (Wildman–Crippen MR) is 242 cm³/mol. The van der Waals surface area contributed by atoms with Gasteiger partial charge in [-0.15, -0.1) is 0 Å². The molecule has 9 rings (SSSR count). The van der Waals surface area contributed by atoms with Gasteiger partial charge in [0.15, 0.2) is 0 Å². The molecule has 0 aliphatic carbocycles. The molecule has 0 spiro atoms. The molecule has 278 valence electrons. The largest absolute Gasteiger partial charge is 0.310 e. The molecule has 56 heavy (non-hydrogen) atoms. The van der Waals surface area contributed by atoms with Crippen molar-refractivity contribution in [3.8, 4) is 0 Å². The molecule has 0 aliphatic heterocycles. The van der Waals surface area contributed by atoms with Crippen molar-refractivity contribution in [1.29, 1.82) is 0 Å². The Morgan fingerprint density at radius 2 is 0.750 bits per heavy atom. The second-order valence-electron chi connectivity index (χ2n) is 16.3. The molecule has 7 aromatic carbocycles. The highest BCUT2D eigenvalue weighted by molar-refractivity contribution is 6.28. The molecule has 0 saturated carbocycles. The van der Waals surface area contributed by atoms with E-state index in [4.69, 9.17) is 0 Å². The van der Waals surface area contributed by atoms with E-state index in [-0.39, 0.29) is 0 Å². The van der Waals surface area contributed by atoms with E-state index in [2.05, 4.69) is 214 Å². The van der Waals surface area contributed by atoms with Crippen LogP contribution < -0.4 is 9.80 Å². The van der Waals surface area contributed by atoms with Crippen molar-refractivity contribution in [3.05, 3.63) is 174 Å². The molecule has 0 aliphatic rings. The number of aryl methyl sites for hydroxylation is 1.